The first kappa shape index (κ1) is 14.3. The van der Waals surface area contributed by atoms with Crippen molar-refractivity contribution in [1.29, 1.82) is 0 Å². The van der Waals surface area contributed by atoms with E-state index in [0.29, 0.717) is 10.8 Å². The maximum atomic E-state index is 10.9. The van der Waals surface area contributed by atoms with Gasteiger partial charge in [0.15, 0.2) is 5.75 Å². The Labute approximate surface area is 109 Å². The molecule has 0 aromatic carbocycles. The predicted molar refractivity (Wildman–Crippen MR) is 66.8 cm³/mol. The summed E-state index contributed by atoms with van der Waals surface area (Å²) in [5.41, 5.74) is 0. The fourth-order valence-corrected chi connectivity index (χ4v) is 2.20. The van der Waals surface area contributed by atoms with Crippen molar-refractivity contribution >= 4 is 23.6 Å². The van der Waals surface area contributed by atoms with Crippen LogP contribution in [-0.2, 0) is 9.59 Å². The van der Waals surface area contributed by atoms with Gasteiger partial charge >= 0.3 is 5.97 Å². The van der Waals surface area contributed by atoms with Crippen molar-refractivity contribution in [3.8, 4) is 5.75 Å². The number of hydrogen-bond donors (Lipinski definition) is 2. The average molecular weight is 270 g/mol. The third-order valence-corrected chi connectivity index (χ3v) is 3.10. The second-order valence-electron chi connectivity index (χ2n) is 3.41. The quantitative estimate of drug-likeness (QED) is 0.742. The minimum absolute atomic E-state index is 0.183. The predicted octanol–water partition coefficient (Wildman–Crippen LogP) is 0.772. The van der Waals surface area contributed by atoms with E-state index in [1.807, 2.05) is 0 Å². The Balaban J connectivity index is 2.66. The summed E-state index contributed by atoms with van der Waals surface area (Å²) < 4.78 is 5.10. The number of thioether (sulfide) groups is 1. The standard InChI is InChI=1S/C11H14N2O4S/c1-7(14)13-8(11(15)16)6-18-10-9(17-2)4-3-5-12-10/h3-5,8H,6H2,1-2H3,(H,13,14)(H,15,16). The van der Waals surface area contributed by atoms with Gasteiger partial charge in [0, 0.05) is 18.9 Å². The summed E-state index contributed by atoms with van der Waals surface area (Å²) in [7, 11) is 1.52. The van der Waals surface area contributed by atoms with Gasteiger partial charge in [0.1, 0.15) is 11.1 Å². The van der Waals surface area contributed by atoms with E-state index in [1.165, 1.54) is 25.8 Å². The smallest absolute Gasteiger partial charge is 0.327 e. The normalized spacial score (nSPS) is 11.7. The van der Waals surface area contributed by atoms with Crippen LogP contribution in [0.15, 0.2) is 23.4 Å². The zero-order chi connectivity index (χ0) is 13.5. The van der Waals surface area contributed by atoms with Gasteiger partial charge in [-0.1, -0.05) is 11.8 Å². The lowest BCUT2D eigenvalue weighted by Crippen LogP contribution is -2.41. The highest BCUT2D eigenvalue weighted by atomic mass is 32.2. The van der Waals surface area contributed by atoms with E-state index < -0.39 is 12.0 Å². The number of carboxylic acids is 1. The number of hydrogen-bond acceptors (Lipinski definition) is 5. The number of carbonyl (C=O) groups excluding carboxylic acids is 1. The van der Waals surface area contributed by atoms with E-state index in [1.54, 1.807) is 18.3 Å². The lowest BCUT2D eigenvalue weighted by atomic mass is 10.3. The van der Waals surface area contributed by atoms with Crippen LogP contribution in [0.1, 0.15) is 6.92 Å². The first-order valence-corrected chi connectivity index (χ1v) is 6.15. The topological polar surface area (TPSA) is 88.5 Å². The summed E-state index contributed by atoms with van der Waals surface area (Å²) in [6.45, 7) is 1.28. The minimum Gasteiger partial charge on any atom is -0.494 e. The molecule has 0 radical (unpaired) electrons. The number of pyridine rings is 1. The number of amides is 1. The molecule has 0 saturated heterocycles. The second-order valence-corrected chi connectivity index (χ2v) is 4.42. The highest BCUT2D eigenvalue weighted by molar-refractivity contribution is 7.99. The maximum absolute atomic E-state index is 10.9. The Morgan fingerprint density at radius 1 is 1.61 bits per heavy atom. The lowest BCUT2D eigenvalue weighted by molar-refractivity contribution is -0.140. The average Bonchev–Trinajstić information content (AvgIpc) is 2.34. The van der Waals surface area contributed by atoms with Crippen molar-refractivity contribution in [3.05, 3.63) is 18.3 Å². The van der Waals surface area contributed by atoms with Crippen molar-refractivity contribution < 1.29 is 19.4 Å². The van der Waals surface area contributed by atoms with E-state index in [4.69, 9.17) is 9.84 Å². The number of methoxy groups -OCH3 is 1. The molecule has 2 N–H and O–H groups in total. The molecule has 0 aliphatic heterocycles. The number of aliphatic carboxylic acids is 1. The van der Waals surface area contributed by atoms with Crippen LogP contribution in [0.5, 0.6) is 5.75 Å². The van der Waals surface area contributed by atoms with Crippen molar-refractivity contribution in [2.45, 2.75) is 18.0 Å². The van der Waals surface area contributed by atoms with Crippen LogP contribution in [0.2, 0.25) is 0 Å². The summed E-state index contributed by atoms with van der Waals surface area (Å²) in [4.78, 5) is 25.9. The Morgan fingerprint density at radius 3 is 2.89 bits per heavy atom. The molecule has 1 heterocycles. The van der Waals surface area contributed by atoms with Gasteiger partial charge in [0.25, 0.3) is 0 Å². The molecule has 0 fully saturated rings. The first-order valence-electron chi connectivity index (χ1n) is 5.16. The van der Waals surface area contributed by atoms with Crippen LogP contribution in [0.4, 0.5) is 0 Å². The van der Waals surface area contributed by atoms with Crippen LogP contribution < -0.4 is 10.1 Å². The van der Waals surface area contributed by atoms with Gasteiger partial charge in [-0.25, -0.2) is 9.78 Å². The fraction of sp³-hybridized carbons (Fsp3) is 0.364. The molecule has 1 amide bonds. The molecule has 0 saturated carbocycles. The van der Waals surface area contributed by atoms with E-state index in [2.05, 4.69) is 10.3 Å². The molecule has 1 aromatic rings. The summed E-state index contributed by atoms with van der Waals surface area (Å²) >= 11 is 1.22. The van der Waals surface area contributed by atoms with Gasteiger partial charge in [-0.15, -0.1) is 0 Å². The fourth-order valence-electron chi connectivity index (χ4n) is 1.22. The van der Waals surface area contributed by atoms with Gasteiger partial charge in [0.05, 0.1) is 7.11 Å². The van der Waals surface area contributed by atoms with Crippen LogP contribution in [0.3, 0.4) is 0 Å². The summed E-state index contributed by atoms with van der Waals surface area (Å²) in [6, 6.07) is 2.52. The van der Waals surface area contributed by atoms with Gasteiger partial charge in [-0.3, -0.25) is 4.79 Å². The number of aromatic nitrogens is 1. The molecule has 1 unspecified atom stereocenters. The summed E-state index contributed by atoms with van der Waals surface area (Å²) in [6.07, 6.45) is 1.60. The molecular weight excluding hydrogens is 256 g/mol. The molecule has 98 valence electrons. The molecule has 6 nitrogen and oxygen atoms in total. The SMILES string of the molecule is COc1cccnc1SCC(NC(C)=O)C(=O)O. The van der Waals surface area contributed by atoms with Crippen molar-refractivity contribution in [3.63, 3.8) is 0 Å². The third kappa shape index (κ3) is 4.25. The highest BCUT2D eigenvalue weighted by Gasteiger charge is 2.19. The number of nitrogens with zero attached hydrogens (tertiary/aromatic N) is 1. The molecule has 0 aliphatic carbocycles. The molecule has 0 bridgehead atoms. The molecule has 1 atom stereocenters. The largest absolute Gasteiger partial charge is 0.494 e. The number of nitrogens with one attached hydrogen (secondary N) is 1. The number of carbonyl (C=O) groups is 2. The summed E-state index contributed by atoms with van der Waals surface area (Å²) in [5.74, 6) is -0.694. The Bertz CT molecular complexity index is 439. The zero-order valence-electron chi connectivity index (χ0n) is 10.0. The maximum Gasteiger partial charge on any atom is 0.327 e. The van der Waals surface area contributed by atoms with Crippen LogP contribution in [-0.4, -0.2) is 40.9 Å². The monoisotopic (exact) mass is 270 g/mol. The van der Waals surface area contributed by atoms with Crippen molar-refractivity contribution in [1.82, 2.24) is 10.3 Å². The van der Waals surface area contributed by atoms with E-state index in [-0.39, 0.29) is 11.7 Å². The first-order chi connectivity index (χ1) is 8.54. The van der Waals surface area contributed by atoms with Crippen LogP contribution >= 0.6 is 11.8 Å². The minimum atomic E-state index is -1.08. The van der Waals surface area contributed by atoms with E-state index in [0.717, 1.165) is 0 Å². The van der Waals surface area contributed by atoms with E-state index in [9.17, 15) is 9.59 Å². The van der Waals surface area contributed by atoms with Crippen LogP contribution in [0, 0.1) is 0 Å². The highest BCUT2D eigenvalue weighted by Crippen LogP contribution is 2.26. The van der Waals surface area contributed by atoms with Crippen molar-refractivity contribution in [2.24, 2.45) is 0 Å². The third-order valence-electron chi connectivity index (χ3n) is 2.02. The van der Waals surface area contributed by atoms with Crippen molar-refractivity contribution in [2.75, 3.05) is 12.9 Å². The molecule has 0 spiro atoms. The Morgan fingerprint density at radius 2 is 2.33 bits per heavy atom. The molecule has 1 aromatic heterocycles. The van der Waals surface area contributed by atoms with Gasteiger partial charge in [-0.05, 0) is 12.1 Å². The molecular formula is C11H14N2O4S. The second kappa shape index (κ2) is 6.85. The molecule has 0 aliphatic rings. The lowest BCUT2D eigenvalue weighted by Gasteiger charge is -2.13. The number of carboxylic acid groups (broad SMARTS) is 1. The zero-order valence-corrected chi connectivity index (χ0v) is 10.9. The molecule has 18 heavy (non-hydrogen) atoms. The van der Waals surface area contributed by atoms with Crippen LogP contribution in [0.25, 0.3) is 0 Å². The summed E-state index contributed by atoms with van der Waals surface area (Å²) in [5, 5.41) is 11.9. The Kier molecular flexibility index (Phi) is 5.44. The molecule has 7 heteroatoms. The molecule has 1 rings (SSSR count). The number of ether oxygens (including phenoxy) is 1. The van der Waals surface area contributed by atoms with Gasteiger partial charge < -0.3 is 15.2 Å². The number of rotatable bonds is 6. The van der Waals surface area contributed by atoms with Gasteiger partial charge in [0.2, 0.25) is 5.91 Å². The Hall–Kier alpha value is -1.76. The van der Waals surface area contributed by atoms with Gasteiger partial charge in [-0.2, -0.15) is 0 Å². The van der Waals surface area contributed by atoms with E-state index >= 15 is 0 Å².